The van der Waals surface area contributed by atoms with Crippen LogP contribution >= 0.6 is 0 Å². The highest BCUT2D eigenvalue weighted by atomic mass is 19.1. The van der Waals surface area contributed by atoms with Gasteiger partial charge in [0.2, 0.25) is 0 Å². The van der Waals surface area contributed by atoms with Crippen molar-refractivity contribution >= 4 is 0 Å². The number of halogens is 1. The van der Waals surface area contributed by atoms with Gasteiger partial charge in [-0.25, -0.2) is 9.82 Å². The molecule has 0 spiro atoms. The van der Waals surface area contributed by atoms with Crippen molar-refractivity contribution < 1.29 is 9.13 Å². The van der Waals surface area contributed by atoms with E-state index in [1.807, 2.05) is 12.1 Å². The first kappa shape index (κ1) is 15.5. The van der Waals surface area contributed by atoms with Gasteiger partial charge >= 0.3 is 0 Å². The highest BCUT2D eigenvalue weighted by molar-refractivity contribution is 5.43. The molecule has 0 aliphatic rings. The van der Waals surface area contributed by atoms with E-state index in [0.717, 1.165) is 18.4 Å². The Labute approximate surface area is 124 Å². The Balaban J connectivity index is 2.47. The zero-order chi connectivity index (χ0) is 15.2. The minimum absolute atomic E-state index is 0.335. The van der Waals surface area contributed by atoms with E-state index in [9.17, 15) is 4.39 Å². The molecule has 2 aromatic carbocycles. The summed E-state index contributed by atoms with van der Waals surface area (Å²) in [4.78, 5) is 0. The van der Waals surface area contributed by atoms with Gasteiger partial charge in [-0.1, -0.05) is 43.7 Å². The van der Waals surface area contributed by atoms with Crippen LogP contribution in [0.25, 0.3) is 0 Å². The van der Waals surface area contributed by atoms with Crippen LogP contribution in [0.1, 0.15) is 36.1 Å². The van der Waals surface area contributed by atoms with E-state index in [4.69, 9.17) is 10.6 Å². The lowest BCUT2D eigenvalue weighted by molar-refractivity contribution is 0.397. The fourth-order valence-corrected chi connectivity index (χ4v) is 2.54. The van der Waals surface area contributed by atoms with Crippen LogP contribution in [0.5, 0.6) is 5.75 Å². The highest BCUT2D eigenvalue weighted by Gasteiger charge is 2.21. The first-order valence-electron chi connectivity index (χ1n) is 7.08. The van der Waals surface area contributed by atoms with Crippen molar-refractivity contribution in [2.24, 2.45) is 5.84 Å². The molecule has 0 heterocycles. The third kappa shape index (κ3) is 3.40. The van der Waals surface area contributed by atoms with Crippen molar-refractivity contribution in [1.82, 2.24) is 5.43 Å². The third-order valence-corrected chi connectivity index (χ3v) is 3.51. The fraction of sp³-hybridized carbons (Fsp3) is 0.294. The van der Waals surface area contributed by atoms with E-state index >= 15 is 0 Å². The van der Waals surface area contributed by atoms with Gasteiger partial charge in [0.25, 0.3) is 0 Å². The number of aryl methyl sites for hydroxylation is 1. The monoisotopic (exact) mass is 288 g/mol. The maximum atomic E-state index is 14.2. The number of rotatable bonds is 6. The number of hydrogen-bond acceptors (Lipinski definition) is 3. The summed E-state index contributed by atoms with van der Waals surface area (Å²) in [5.74, 6) is 5.83. The maximum absolute atomic E-state index is 14.2. The van der Waals surface area contributed by atoms with Gasteiger partial charge in [0.15, 0.2) is 0 Å². The summed E-state index contributed by atoms with van der Waals surface area (Å²) in [6, 6.07) is 12.4. The molecular weight excluding hydrogens is 267 g/mol. The van der Waals surface area contributed by atoms with E-state index < -0.39 is 6.04 Å². The molecule has 0 aliphatic carbocycles. The van der Waals surface area contributed by atoms with Gasteiger partial charge < -0.3 is 4.74 Å². The molecular formula is C17H21FN2O. The topological polar surface area (TPSA) is 47.3 Å². The second-order valence-corrected chi connectivity index (χ2v) is 4.95. The molecule has 0 aliphatic heterocycles. The van der Waals surface area contributed by atoms with E-state index in [0.29, 0.717) is 11.3 Å². The standard InChI is InChI=1S/C17H21FN2O/c1-3-6-12-7-4-8-13(11-12)17(20-19)16-14(18)9-5-10-15(16)21-2/h4-5,7-11,17,20H,3,6,19H2,1-2H3. The van der Waals surface area contributed by atoms with E-state index in [-0.39, 0.29) is 5.82 Å². The molecule has 21 heavy (non-hydrogen) atoms. The molecule has 0 saturated carbocycles. The van der Waals surface area contributed by atoms with Crippen LogP contribution in [-0.2, 0) is 6.42 Å². The molecule has 1 atom stereocenters. The number of benzene rings is 2. The van der Waals surface area contributed by atoms with E-state index in [2.05, 4.69) is 24.5 Å². The van der Waals surface area contributed by atoms with Crippen LogP contribution in [0.4, 0.5) is 4.39 Å². The van der Waals surface area contributed by atoms with E-state index in [1.54, 1.807) is 12.1 Å². The number of hydrazine groups is 1. The van der Waals surface area contributed by atoms with Crippen molar-refractivity contribution in [3.05, 3.63) is 65.0 Å². The van der Waals surface area contributed by atoms with Gasteiger partial charge in [-0.2, -0.15) is 0 Å². The molecule has 112 valence electrons. The molecule has 0 fully saturated rings. The Morgan fingerprint density at radius 2 is 2.00 bits per heavy atom. The molecule has 4 heteroatoms. The van der Waals surface area contributed by atoms with Gasteiger partial charge in [-0.05, 0) is 29.7 Å². The van der Waals surface area contributed by atoms with E-state index in [1.165, 1.54) is 18.7 Å². The number of hydrogen-bond donors (Lipinski definition) is 2. The Hall–Kier alpha value is -1.91. The zero-order valence-corrected chi connectivity index (χ0v) is 12.4. The molecule has 0 aromatic heterocycles. The van der Waals surface area contributed by atoms with Crippen molar-refractivity contribution in [2.75, 3.05) is 7.11 Å². The SMILES string of the molecule is CCCc1cccc(C(NN)c2c(F)cccc2OC)c1. The number of ether oxygens (including phenoxy) is 1. The summed E-state index contributed by atoms with van der Waals surface area (Å²) in [5, 5.41) is 0. The average Bonchev–Trinajstić information content (AvgIpc) is 2.50. The van der Waals surface area contributed by atoms with Crippen molar-refractivity contribution in [3.63, 3.8) is 0 Å². The van der Waals surface area contributed by atoms with Gasteiger partial charge in [0, 0.05) is 0 Å². The summed E-state index contributed by atoms with van der Waals surface area (Å²) in [5.41, 5.74) is 5.26. The zero-order valence-electron chi connectivity index (χ0n) is 12.4. The lowest BCUT2D eigenvalue weighted by Gasteiger charge is -2.20. The third-order valence-electron chi connectivity index (χ3n) is 3.51. The van der Waals surface area contributed by atoms with Crippen LogP contribution in [0.3, 0.4) is 0 Å². The summed E-state index contributed by atoms with van der Waals surface area (Å²) < 4.78 is 19.5. The molecule has 0 saturated heterocycles. The van der Waals surface area contributed by atoms with Crippen LogP contribution in [0, 0.1) is 5.82 Å². The minimum atomic E-state index is -0.446. The largest absolute Gasteiger partial charge is 0.496 e. The number of methoxy groups -OCH3 is 1. The quantitative estimate of drug-likeness (QED) is 0.633. The molecule has 0 bridgehead atoms. The van der Waals surface area contributed by atoms with Crippen molar-refractivity contribution in [3.8, 4) is 5.75 Å². The Bertz CT molecular complexity index is 601. The highest BCUT2D eigenvalue weighted by Crippen LogP contribution is 2.32. The maximum Gasteiger partial charge on any atom is 0.132 e. The molecule has 1 unspecified atom stereocenters. The van der Waals surface area contributed by atoms with Gasteiger partial charge in [-0.15, -0.1) is 0 Å². The van der Waals surface area contributed by atoms with Crippen LogP contribution in [0.15, 0.2) is 42.5 Å². The average molecular weight is 288 g/mol. The Morgan fingerprint density at radius 3 is 2.67 bits per heavy atom. The Kier molecular flexibility index (Phi) is 5.31. The minimum Gasteiger partial charge on any atom is -0.496 e. The van der Waals surface area contributed by atoms with Crippen molar-refractivity contribution in [1.29, 1.82) is 0 Å². The van der Waals surface area contributed by atoms with Crippen LogP contribution in [0.2, 0.25) is 0 Å². The molecule has 0 amide bonds. The fourth-order valence-electron chi connectivity index (χ4n) is 2.54. The summed E-state index contributed by atoms with van der Waals surface area (Å²) in [7, 11) is 1.53. The summed E-state index contributed by atoms with van der Waals surface area (Å²) >= 11 is 0. The second-order valence-electron chi connectivity index (χ2n) is 4.95. The summed E-state index contributed by atoms with van der Waals surface area (Å²) in [6.45, 7) is 2.13. The van der Waals surface area contributed by atoms with Crippen molar-refractivity contribution in [2.45, 2.75) is 25.8 Å². The van der Waals surface area contributed by atoms with Gasteiger partial charge in [0.05, 0.1) is 18.7 Å². The summed E-state index contributed by atoms with van der Waals surface area (Å²) in [6.07, 6.45) is 2.05. The van der Waals surface area contributed by atoms with Crippen LogP contribution < -0.4 is 16.0 Å². The van der Waals surface area contributed by atoms with Gasteiger partial charge in [-0.3, -0.25) is 5.84 Å². The lowest BCUT2D eigenvalue weighted by atomic mass is 9.95. The predicted molar refractivity (Wildman–Crippen MR) is 82.6 cm³/mol. The molecule has 0 radical (unpaired) electrons. The molecule has 2 aromatic rings. The molecule has 3 N–H and O–H groups in total. The van der Waals surface area contributed by atoms with Crippen LogP contribution in [-0.4, -0.2) is 7.11 Å². The first-order valence-corrected chi connectivity index (χ1v) is 7.08. The second kappa shape index (κ2) is 7.20. The first-order chi connectivity index (χ1) is 10.2. The predicted octanol–water partition coefficient (Wildman–Crippen LogP) is 3.34. The smallest absolute Gasteiger partial charge is 0.132 e. The molecule has 3 nitrogen and oxygen atoms in total. The Morgan fingerprint density at radius 1 is 1.24 bits per heavy atom. The number of nitrogens with two attached hydrogens (primary N) is 1. The lowest BCUT2D eigenvalue weighted by Crippen LogP contribution is -2.30. The van der Waals surface area contributed by atoms with Gasteiger partial charge in [0.1, 0.15) is 11.6 Å². The number of nitrogens with one attached hydrogen (secondary N) is 1. The molecule has 2 rings (SSSR count). The normalized spacial score (nSPS) is 12.2.